The second-order valence-corrected chi connectivity index (χ2v) is 5.63. The SMILES string of the molecule is COc1cccc(N(CCNC(=O)CCOc2ccccc2)C(C)=O)c1. The van der Waals surface area contributed by atoms with Gasteiger partial charge in [-0.1, -0.05) is 24.3 Å². The van der Waals surface area contributed by atoms with Gasteiger partial charge in [0, 0.05) is 31.8 Å². The number of ether oxygens (including phenoxy) is 2. The number of carbonyl (C=O) groups excluding carboxylic acids is 2. The minimum Gasteiger partial charge on any atom is -0.497 e. The number of carbonyl (C=O) groups is 2. The molecule has 0 aromatic heterocycles. The maximum absolute atomic E-state index is 11.9. The van der Waals surface area contributed by atoms with Crippen LogP contribution in [0.15, 0.2) is 54.6 Å². The smallest absolute Gasteiger partial charge is 0.223 e. The average molecular weight is 356 g/mol. The number of anilines is 1. The molecule has 6 heteroatoms. The van der Waals surface area contributed by atoms with Crippen molar-refractivity contribution in [2.45, 2.75) is 13.3 Å². The van der Waals surface area contributed by atoms with Gasteiger partial charge in [-0.3, -0.25) is 9.59 Å². The third-order valence-corrected chi connectivity index (χ3v) is 3.74. The molecule has 0 unspecified atom stereocenters. The number of nitrogens with zero attached hydrogens (tertiary/aromatic N) is 1. The van der Waals surface area contributed by atoms with Gasteiger partial charge in [0.1, 0.15) is 11.5 Å². The summed E-state index contributed by atoms with van der Waals surface area (Å²) >= 11 is 0. The summed E-state index contributed by atoms with van der Waals surface area (Å²) in [5.41, 5.74) is 0.735. The molecule has 1 N–H and O–H groups in total. The molecular weight excluding hydrogens is 332 g/mol. The zero-order valence-electron chi connectivity index (χ0n) is 15.1. The number of para-hydroxylation sites is 1. The zero-order chi connectivity index (χ0) is 18.8. The minimum absolute atomic E-state index is 0.0973. The number of hydrogen-bond donors (Lipinski definition) is 1. The highest BCUT2D eigenvalue weighted by molar-refractivity contribution is 5.91. The Bertz CT molecular complexity index is 719. The van der Waals surface area contributed by atoms with E-state index in [4.69, 9.17) is 9.47 Å². The average Bonchev–Trinajstić information content (AvgIpc) is 2.66. The number of amides is 2. The molecule has 2 aromatic carbocycles. The van der Waals surface area contributed by atoms with E-state index in [0.717, 1.165) is 11.4 Å². The van der Waals surface area contributed by atoms with Gasteiger partial charge in [0.05, 0.1) is 20.1 Å². The van der Waals surface area contributed by atoms with E-state index in [1.807, 2.05) is 48.5 Å². The number of rotatable bonds is 9. The highest BCUT2D eigenvalue weighted by Crippen LogP contribution is 2.20. The number of methoxy groups -OCH3 is 1. The molecule has 0 aliphatic heterocycles. The van der Waals surface area contributed by atoms with Gasteiger partial charge < -0.3 is 19.7 Å². The predicted octanol–water partition coefficient (Wildman–Crippen LogP) is 2.63. The van der Waals surface area contributed by atoms with E-state index in [0.29, 0.717) is 25.4 Å². The van der Waals surface area contributed by atoms with Crippen LogP contribution in [-0.4, -0.2) is 38.6 Å². The van der Waals surface area contributed by atoms with Crippen molar-refractivity contribution >= 4 is 17.5 Å². The van der Waals surface area contributed by atoms with Gasteiger partial charge in [-0.05, 0) is 24.3 Å². The first-order chi connectivity index (χ1) is 12.6. The number of benzene rings is 2. The quantitative estimate of drug-likeness (QED) is 0.750. The summed E-state index contributed by atoms with van der Waals surface area (Å²) in [6.45, 7) is 2.55. The molecule has 0 saturated carbocycles. The van der Waals surface area contributed by atoms with Gasteiger partial charge in [-0.25, -0.2) is 0 Å². The summed E-state index contributed by atoms with van der Waals surface area (Å²) in [6, 6.07) is 16.6. The van der Waals surface area contributed by atoms with E-state index < -0.39 is 0 Å². The van der Waals surface area contributed by atoms with Crippen LogP contribution in [0.25, 0.3) is 0 Å². The van der Waals surface area contributed by atoms with E-state index >= 15 is 0 Å². The largest absolute Gasteiger partial charge is 0.497 e. The molecule has 0 bridgehead atoms. The Morgan fingerprint density at radius 1 is 1.04 bits per heavy atom. The topological polar surface area (TPSA) is 67.9 Å². The Morgan fingerprint density at radius 3 is 2.46 bits per heavy atom. The molecule has 0 heterocycles. The van der Waals surface area contributed by atoms with Gasteiger partial charge in [0.25, 0.3) is 0 Å². The lowest BCUT2D eigenvalue weighted by atomic mass is 10.2. The van der Waals surface area contributed by atoms with Gasteiger partial charge in [0.2, 0.25) is 11.8 Å². The van der Waals surface area contributed by atoms with Crippen LogP contribution in [0.4, 0.5) is 5.69 Å². The van der Waals surface area contributed by atoms with E-state index in [-0.39, 0.29) is 18.2 Å². The van der Waals surface area contributed by atoms with Crippen LogP contribution in [0.2, 0.25) is 0 Å². The molecule has 0 fully saturated rings. The standard InChI is InChI=1S/C20H24N2O4/c1-16(23)22(17-7-6-10-19(15-17)25-2)13-12-21-20(24)11-14-26-18-8-4-3-5-9-18/h3-10,15H,11-14H2,1-2H3,(H,21,24). The molecule has 0 spiro atoms. The van der Waals surface area contributed by atoms with Crippen molar-refractivity contribution in [3.8, 4) is 11.5 Å². The maximum atomic E-state index is 11.9. The van der Waals surface area contributed by atoms with Crippen molar-refractivity contribution in [2.75, 3.05) is 31.7 Å². The second-order valence-electron chi connectivity index (χ2n) is 5.63. The highest BCUT2D eigenvalue weighted by atomic mass is 16.5. The maximum Gasteiger partial charge on any atom is 0.223 e. The summed E-state index contributed by atoms with van der Waals surface area (Å²) in [4.78, 5) is 25.4. The first kappa shape index (κ1) is 19.3. The van der Waals surface area contributed by atoms with Crippen LogP contribution in [0.3, 0.4) is 0 Å². The normalized spacial score (nSPS) is 10.1. The number of hydrogen-bond acceptors (Lipinski definition) is 4. The van der Waals surface area contributed by atoms with Crippen LogP contribution in [-0.2, 0) is 9.59 Å². The molecule has 138 valence electrons. The van der Waals surface area contributed by atoms with E-state index in [1.54, 1.807) is 18.1 Å². The molecular formula is C20H24N2O4. The molecule has 2 amide bonds. The number of nitrogens with one attached hydrogen (secondary N) is 1. The van der Waals surface area contributed by atoms with Gasteiger partial charge >= 0.3 is 0 Å². The summed E-state index contributed by atoms with van der Waals surface area (Å²) in [6.07, 6.45) is 0.258. The molecule has 0 atom stereocenters. The molecule has 0 radical (unpaired) electrons. The zero-order valence-corrected chi connectivity index (χ0v) is 15.1. The molecule has 0 aliphatic carbocycles. The van der Waals surface area contributed by atoms with Crippen molar-refractivity contribution in [3.05, 3.63) is 54.6 Å². The molecule has 26 heavy (non-hydrogen) atoms. The van der Waals surface area contributed by atoms with Gasteiger partial charge in [0.15, 0.2) is 0 Å². The van der Waals surface area contributed by atoms with Crippen molar-refractivity contribution in [1.82, 2.24) is 5.32 Å². The fraction of sp³-hybridized carbons (Fsp3) is 0.300. The van der Waals surface area contributed by atoms with Crippen LogP contribution < -0.4 is 19.7 Å². The lowest BCUT2D eigenvalue weighted by Crippen LogP contribution is -2.37. The minimum atomic E-state index is -0.116. The molecule has 0 saturated heterocycles. The lowest BCUT2D eigenvalue weighted by Gasteiger charge is -2.22. The van der Waals surface area contributed by atoms with E-state index in [1.165, 1.54) is 6.92 Å². The van der Waals surface area contributed by atoms with Crippen LogP contribution in [0, 0.1) is 0 Å². The highest BCUT2D eigenvalue weighted by Gasteiger charge is 2.12. The van der Waals surface area contributed by atoms with Crippen LogP contribution in [0.5, 0.6) is 11.5 Å². The fourth-order valence-electron chi connectivity index (χ4n) is 2.42. The van der Waals surface area contributed by atoms with Crippen molar-refractivity contribution in [3.63, 3.8) is 0 Å². The van der Waals surface area contributed by atoms with Gasteiger partial charge in [-0.15, -0.1) is 0 Å². The Kier molecular flexibility index (Phi) is 7.49. The lowest BCUT2D eigenvalue weighted by molar-refractivity contribution is -0.122. The fourth-order valence-corrected chi connectivity index (χ4v) is 2.42. The first-order valence-corrected chi connectivity index (χ1v) is 8.47. The summed E-state index contributed by atoms with van der Waals surface area (Å²) < 4.78 is 10.7. The summed E-state index contributed by atoms with van der Waals surface area (Å²) in [5.74, 6) is 1.20. The van der Waals surface area contributed by atoms with Crippen molar-refractivity contribution in [1.29, 1.82) is 0 Å². The first-order valence-electron chi connectivity index (χ1n) is 8.47. The molecule has 0 aliphatic rings. The van der Waals surface area contributed by atoms with Crippen molar-refractivity contribution in [2.24, 2.45) is 0 Å². The van der Waals surface area contributed by atoms with E-state index in [9.17, 15) is 9.59 Å². The Hall–Kier alpha value is -3.02. The summed E-state index contributed by atoms with van der Waals surface area (Å²) in [7, 11) is 1.58. The third-order valence-electron chi connectivity index (χ3n) is 3.74. The van der Waals surface area contributed by atoms with Crippen molar-refractivity contribution < 1.29 is 19.1 Å². The van der Waals surface area contributed by atoms with E-state index in [2.05, 4.69) is 5.32 Å². The summed E-state index contributed by atoms with van der Waals surface area (Å²) in [5, 5.41) is 2.81. The Morgan fingerprint density at radius 2 is 1.77 bits per heavy atom. The monoisotopic (exact) mass is 356 g/mol. The Balaban J connectivity index is 1.76. The molecule has 2 aromatic rings. The van der Waals surface area contributed by atoms with Crippen LogP contribution >= 0.6 is 0 Å². The van der Waals surface area contributed by atoms with Gasteiger partial charge in [-0.2, -0.15) is 0 Å². The van der Waals surface area contributed by atoms with Crippen LogP contribution in [0.1, 0.15) is 13.3 Å². The molecule has 6 nitrogen and oxygen atoms in total. The Labute approximate surface area is 153 Å². The molecule has 2 rings (SSSR count). The third kappa shape index (κ3) is 6.12. The predicted molar refractivity (Wildman–Crippen MR) is 101 cm³/mol. The second kappa shape index (κ2) is 10.1.